The first-order chi connectivity index (χ1) is 12.0. The first-order valence-corrected chi connectivity index (χ1v) is 9.65. The molecule has 0 unspecified atom stereocenters. The quantitative estimate of drug-likeness (QED) is 0.702. The Bertz CT molecular complexity index is 842. The number of thiophene rings is 1. The molecule has 1 saturated heterocycles. The molecule has 0 aliphatic carbocycles. The Kier molecular flexibility index (Phi) is 4.26. The van der Waals surface area contributed by atoms with Crippen molar-refractivity contribution in [2.24, 2.45) is 0 Å². The van der Waals surface area contributed by atoms with Gasteiger partial charge in [0.2, 0.25) is 0 Å². The van der Waals surface area contributed by atoms with Gasteiger partial charge in [-0.2, -0.15) is 0 Å². The van der Waals surface area contributed by atoms with Crippen LogP contribution in [0.4, 0.5) is 0 Å². The third-order valence-electron chi connectivity index (χ3n) is 4.80. The second-order valence-electron chi connectivity index (χ2n) is 6.42. The van der Waals surface area contributed by atoms with Crippen molar-refractivity contribution < 1.29 is 14.3 Å². The molecule has 0 atom stereocenters. The fourth-order valence-corrected chi connectivity index (χ4v) is 4.69. The lowest BCUT2D eigenvalue weighted by Gasteiger charge is -2.44. The van der Waals surface area contributed by atoms with Gasteiger partial charge in [-0.1, -0.05) is 29.3 Å². The molecule has 4 rings (SSSR count). The van der Waals surface area contributed by atoms with Crippen LogP contribution >= 0.6 is 34.5 Å². The van der Waals surface area contributed by atoms with Crippen molar-refractivity contribution >= 4 is 46.2 Å². The van der Waals surface area contributed by atoms with Crippen LogP contribution in [-0.2, 0) is 0 Å². The van der Waals surface area contributed by atoms with Gasteiger partial charge in [-0.15, -0.1) is 11.3 Å². The lowest BCUT2D eigenvalue weighted by Crippen LogP contribution is -2.52. The summed E-state index contributed by atoms with van der Waals surface area (Å²) >= 11 is 13.7. The molecule has 3 heterocycles. The van der Waals surface area contributed by atoms with E-state index in [1.165, 1.54) is 11.3 Å². The topological polar surface area (TPSA) is 46.6 Å². The summed E-state index contributed by atoms with van der Waals surface area (Å²) in [6.07, 6.45) is 1.50. The summed E-state index contributed by atoms with van der Waals surface area (Å²) in [7, 11) is 0. The van der Waals surface area contributed by atoms with Crippen LogP contribution in [0.1, 0.15) is 39.3 Å². The number of rotatable bonds is 1. The first kappa shape index (κ1) is 16.9. The minimum Gasteiger partial charge on any atom is -0.484 e. The molecule has 1 aromatic heterocycles. The lowest BCUT2D eigenvalue weighted by molar-refractivity contribution is -0.00552. The van der Waals surface area contributed by atoms with Gasteiger partial charge in [-0.25, -0.2) is 0 Å². The van der Waals surface area contributed by atoms with E-state index in [-0.39, 0.29) is 18.1 Å². The summed E-state index contributed by atoms with van der Waals surface area (Å²) in [5.74, 6) is 0.446. The Labute approximate surface area is 159 Å². The van der Waals surface area contributed by atoms with Crippen molar-refractivity contribution in [3.63, 3.8) is 0 Å². The van der Waals surface area contributed by atoms with E-state index in [1.807, 2.05) is 22.4 Å². The molecule has 130 valence electrons. The number of hydrogen-bond acceptors (Lipinski definition) is 4. The number of ether oxygens (including phenoxy) is 1. The van der Waals surface area contributed by atoms with Gasteiger partial charge in [0, 0.05) is 31.0 Å². The molecule has 25 heavy (non-hydrogen) atoms. The number of ketones is 1. The maximum Gasteiger partial charge on any atom is 0.263 e. The molecule has 0 saturated carbocycles. The number of carbonyl (C=O) groups excluding carboxylic acids is 2. The second kappa shape index (κ2) is 6.31. The normalized spacial score (nSPS) is 18.8. The molecule has 2 aliphatic heterocycles. The Balaban J connectivity index is 1.53. The average Bonchev–Trinajstić information content (AvgIpc) is 3.11. The standard InChI is InChI=1S/C18H15Cl2NO3S/c19-11-8-12-14(22)10-18(24-16(12)13(20)9-11)3-5-21(6-4-18)17(23)15-2-1-7-25-15/h1-2,7-9H,3-6,10H2. The fraction of sp³-hybridized carbons (Fsp3) is 0.333. The fourth-order valence-electron chi connectivity index (χ4n) is 3.46. The van der Waals surface area contributed by atoms with Gasteiger partial charge in [-0.05, 0) is 23.6 Å². The van der Waals surface area contributed by atoms with Crippen LogP contribution in [0.2, 0.25) is 10.0 Å². The summed E-state index contributed by atoms with van der Waals surface area (Å²) in [6, 6.07) is 6.89. The molecular formula is C18H15Cl2NO3S. The maximum absolute atomic E-state index is 12.6. The highest BCUT2D eigenvalue weighted by Gasteiger charge is 2.44. The summed E-state index contributed by atoms with van der Waals surface area (Å²) < 4.78 is 6.19. The van der Waals surface area contributed by atoms with E-state index in [9.17, 15) is 9.59 Å². The van der Waals surface area contributed by atoms with Gasteiger partial charge in [0.15, 0.2) is 5.78 Å². The van der Waals surface area contributed by atoms with Crippen LogP contribution in [-0.4, -0.2) is 35.3 Å². The van der Waals surface area contributed by atoms with E-state index in [0.29, 0.717) is 47.3 Å². The third kappa shape index (κ3) is 3.05. The molecule has 0 N–H and O–H groups in total. The zero-order chi connectivity index (χ0) is 17.6. The SMILES string of the molecule is O=C1CC2(CCN(C(=O)c3cccs3)CC2)Oc2c(Cl)cc(Cl)cc21. The number of fused-ring (bicyclic) bond motifs is 1. The Morgan fingerprint density at radius 3 is 2.68 bits per heavy atom. The predicted molar refractivity (Wildman–Crippen MR) is 98.2 cm³/mol. The van der Waals surface area contributed by atoms with E-state index in [0.717, 1.165) is 4.88 Å². The number of piperidine rings is 1. The second-order valence-corrected chi connectivity index (χ2v) is 8.21. The molecule has 0 bridgehead atoms. The minimum absolute atomic E-state index is 0.0105. The van der Waals surface area contributed by atoms with Crippen molar-refractivity contribution in [1.82, 2.24) is 4.90 Å². The minimum atomic E-state index is -0.590. The van der Waals surface area contributed by atoms with E-state index >= 15 is 0 Å². The van der Waals surface area contributed by atoms with Crippen LogP contribution in [0.25, 0.3) is 0 Å². The van der Waals surface area contributed by atoms with Crippen LogP contribution in [0, 0.1) is 0 Å². The average molecular weight is 396 g/mol. The third-order valence-corrected chi connectivity index (χ3v) is 6.16. The molecule has 1 amide bonds. The monoisotopic (exact) mass is 395 g/mol. The van der Waals surface area contributed by atoms with Crippen molar-refractivity contribution in [3.05, 3.63) is 50.1 Å². The molecule has 4 nitrogen and oxygen atoms in total. The predicted octanol–water partition coefficient (Wildman–Crippen LogP) is 4.70. The van der Waals surface area contributed by atoms with Gasteiger partial charge >= 0.3 is 0 Å². The van der Waals surface area contributed by atoms with Crippen molar-refractivity contribution in [1.29, 1.82) is 0 Å². The molecule has 1 spiro atoms. The van der Waals surface area contributed by atoms with Crippen LogP contribution in [0.15, 0.2) is 29.6 Å². The maximum atomic E-state index is 12.6. The van der Waals surface area contributed by atoms with Gasteiger partial charge in [0.1, 0.15) is 11.4 Å². The zero-order valence-electron chi connectivity index (χ0n) is 13.3. The largest absolute Gasteiger partial charge is 0.484 e. The Morgan fingerprint density at radius 2 is 2.00 bits per heavy atom. The number of likely N-dealkylation sites (tertiary alicyclic amines) is 1. The van der Waals surface area contributed by atoms with Gasteiger partial charge in [-0.3, -0.25) is 9.59 Å². The van der Waals surface area contributed by atoms with E-state index < -0.39 is 5.60 Å². The Hall–Kier alpha value is -1.56. The van der Waals surface area contributed by atoms with Gasteiger partial charge in [0.25, 0.3) is 5.91 Å². The molecule has 2 aromatic rings. The van der Waals surface area contributed by atoms with Gasteiger partial charge in [0.05, 0.1) is 21.9 Å². The highest BCUT2D eigenvalue weighted by atomic mass is 35.5. The van der Waals surface area contributed by atoms with Crippen molar-refractivity contribution in [3.8, 4) is 5.75 Å². The number of Topliss-reactive ketones (excluding diaryl/α,β-unsaturated/α-hetero) is 1. The summed E-state index contributed by atoms with van der Waals surface area (Å²) in [6.45, 7) is 1.12. The Morgan fingerprint density at radius 1 is 1.24 bits per heavy atom. The number of hydrogen-bond donors (Lipinski definition) is 0. The lowest BCUT2D eigenvalue weighted by atomic mass is 9.82. The number of carbonyl (C=O) groups is 2. The number of halogens is 2. The molecule has 0 radical (unpaired) electrons. The molecule has 7 heteroatoms. The summed E-state index contributed by atoms with van der Waals surface area (Å²) in [4.78, 5) is 27.6. The zero-order valence-corrected chi connectivity index (χ0v) is 15.6. The van der Waals surface area contributed by atoms with E-state index in [2.05, 4.69) is 0 Å². The first-order valence-electron chi connectivity index (χ1n) is 8.01. The smallest absolute Gasteiger partial charge is 0.263 e. The van der Waals surface area contributed by atoms with Crippen molar-refractivity contribution in [2.75, 3.05) is 13.1 Å². The summed E-state index contributed by atoms with van der Waals surface area (Å²) in [5.41, 5.74) is -0.145. The van der Waals surface area contributed by atoms with Gasteiger partial charge < -0.3 is 9.64 Å². The summed E-state index contributed by atoms with van der Waals surface area (Å²) in [5, 5.41) is 2.67. The highest BCUT2D eigenvalue weighted by molar-refractivity contribution is 7.12. The van der Waals surface area contributed by atoms with Crippen LogP contribution < -0.4 is 4.74 Å². The van der Waals surface area contributed by atoms with Crippen LogP contribution in [0.3, 0.4) is 0 Å². The molecule has 1 fully saturated rings. The number of nitrogens with zero attached hydrogens (tertiary/aromatic N) is 1. The highest BCUT2D eigenvalue weighted by Crippen LogP contribution is 2.44. The molecule has 1 aromatic carbocycles. The van der Waals surface area contributed by atoms with E-state index in [1.54, 1.807) is 12.1 Å². The molecule has 2 aliphatic rings. The van der Waals surface area contributed by atoms with Crippen molar-refractivity contribution in [2.45, 2.75) is 24.9 Å². The number of amides is 1. The number of benzene rings is 1. The molecular weight excluding hydrogens is 381 g/mol. The van der Waals surface area contributed by atoms with Crippen LogP contribution in [0.5, 0.6) is 5.75 Å². The van der Waals surface area contributed by atoms with E-state index in [4.69, 9.17) is 27.9 Å².